The molecule has 126 valence electrons. The third-order valence-corrected chi connectivity index (χ3v) is 4.50. The Hall–Kier alpha value is -3.00. The van der Waals surface area contributed by atoms with Crippen LogP contribution in [0.4, 0.5) is 10.8 Å². The van der Waals surface area contributed by atoms with Gasteiger partial charge in [0, 0.05) is 35.9 Å². The normalized spacial score (nSPS) is 13.8. The van der Waals surface area contributed by atoms with Crippen LogP contribution in [0.5, 0.6) is 0 Å². The summed E-state index contributed by atoms with van der Waals surface area (Å²) >= 11 is 1.51. The summed E-state index contributed by atoms with van der Waals surface area (Å²) in [6, 6.07) is 9.41. The number of nitrogens with zero attached hydrogens (tertiary/aromatic N) is 4. The van der Waals surface area contributed by atoms with Crippen LogP contribution in [0.3, 0.4) is 0 Å². The standard InChI is InChI=1S/C17H17N7S/c18-12-5-2-1-4-11(12)15-19-9-6-13(22-15)14-10-25-17(23-14)24-16-20-7-3-8-21-16/h1-2,4-6,9-10H,3,7-8,18H2,(H2,20,21,23,24). The molecule has 0 bridgehead atoms. The van der Waals surface area contributed by atoms with Crippen LogP contribution in [0, 0.1) is 0 Å². The number of aromatic nitrogens is 3. The second kappa shape index (κ2) is 6.86. The smallest absolute Gasteiger partial charge is 0.197 e. The van der Waals surface area contributed by atoms with E-state index in [1.165, 1.54) is 11.3 Å². The van der Waals surface area contributed by atoms with E-state index in [9.17, 15) is 0 Å². The number of aliphatic imine (C=N–C) groups is 1. The van der Waals surface area contributed by atoms with E-state index < -0.39 is 0 Å². The van der Waals surface area contributed by atoms with Crippen molar-refractivity contribution in [1.29, 1.82) is 0 Å². The van der Waals surface area contributed by atoms with E-state index in [0.717, 1.165) is 47.6 Å². The molecule has 7 nitrogen and oxygen atoms in total. The fraction of sp³-hybridized carbons (Fsp3) is 0.176. The van der Waals surface area contributed by atoms with Crippen LogP contribution in [-0.2, 0) is 0 Å². The molecule has 2 aromatic heterocycles. The first-order valence-corrected chi connectivity index (χ1v) is 8.87. The predicted molar refractivity (Wildman–Crippen MR) is 102 cm³/mol. The molecule has 3 heterocycles. The van der Waals surface area contributed by atoms with E-state index >= 15 is 0 Å². The molecule has 0 radical (unpaired) electrons. The van der Waals surface area contributed by atoms with Crippen molar-refractivity contribution in [3.8, 4) is 22.8 Å². The number of benzene rings is 1. The van der Waals surface area contributed by atoms with Crippen molar-refractivity contribution >= 4 is 28.1 Å². The van der Waals surface area contributed by atoms with Crippen molar-refractivity contribution in [2.24, 2.45) is 4.99 Å². The molecular weight excluding hydrogens is 334 g/mol. The Bertz CT molecular complexity index is 919. The maximum atomic E-state index is 6.03. The molecule has 4 N–H and O–H groups in total. The maximum absolute atomic E-state index is 6.03. The molecule has 25 heavy (non-hydrogen) atoms. The molecule has 0 amide bonds. The fourth-order valence-electron chi connectivity index (χ4n) is 2.50. The van der Waals surface area contributed by atoms with Gasteiger partial charge in [0.2, 0.25) is 0 Å². The largest absolute Gasteiger partial charge is 0.398 e. The molecular formula is C17H17N7S. The summed E-state index contributed by atoms with van der Waals surface area (Å²) in [5.74, 6) is 1.36. The molecule has 8 heteroatoms. The first-order chi connectivity index (χ1) is 12.3. The van der Waals surface area contributed by atoms with Gasteiger partial charge >= 0.3 is 0 Å². The van der Waals surface area contributed by atoms with Gasteiger partial charge in [-0.15, -0.1) is 11.3 Å². The molecule has 0 atom stereocenters. The summed E-state index contributed by atoms with van der Waals surface area (Å²) in [6.07, 6.45) is 2.78. The van der Waals surface area contributed by atoms with Crippen molar-refractivity contribution in [3.05, 3.63) is 41.9 Å². The van der Waals surface area contributed by atoms with Gasteiger partial charge in [-0.1, -0.05) is 12.1 Å². The average Bonchev–Trinajstić information content (AvgIpc) is 3.12. The topological polar surface area (TPSA) is 101 Å². The highest BCUT2D eigenvalue weighted by atomic mass is 32.1. The number of anilines is 2. The molecule has 1 aliphatic heterocycles. The highest BCUT2D eigenvalue weighted by molar-refractivity contribution is 7.14. The van der Waals surface area contributed by atoms with Gasteiger partial charge in [-0.05, 0) is 24.6 Å². The van der Waals surface area contributed by atoms with Crippen LogP contribution in [-0.4, -0.2) is 34.0 Å². The highest BCUT2D eigenvalue weighted by Crippen LogP contribution is 2.27. The van der Waals surface area contributed by atoms with Gasteiger partial charge in [0.25, 0.3) is 0 Å². The molecule has 0 aliphatic carbocycles. The summed E-state index contributed by atoms with van der Waals surface area (Å²) in [7, 11) is 0. The zero-order chi connectivity index (χ0) is 17.1. The fourth-order valence-corrected chi connectivity index (χ4v) is 3.20. The molecule has 1 aliphatic rings. The van der Waals surface area contributed by atoms with Crippen LogP contribution in [0.15, 0.2) is 46.9 Å². The minimum Gasteiger partial charge on any atom is -0.398 e. The summed E-state index contributed by atoms with van der Waals surface area (Å²) < 4.78 is 0. The Morgan fingerprint density at radius 1 is 1.12 bits per heavy atom. The zero-order valence-electron chi connectivity index (χ0n) is 13.4. The minimum atomic E-state index is 0.594. The maximum Gasteiger partial charge on any atom is 0.197 e. The first kappa shape index (κ1) is 15.5. The van der Waals surface area contributed by atoms with Gasteiger partial charge in [0.15, 0.2) is 16.9 Å². The van der Waals surface area contributed by atoms with Crippen LogP contribution in [0.25, 0.3) is 22.8 Å². The van der Waals surface area contributed by atoms with Crippen LogP contribution in [0.2, 0.25) is 0 Å². The quantitative estimate of drug-likeness (QED) is 0.627. The lowest BCUT2D eigenvalue weighted by Gasteiger charge is -2.14. The molecule has 0 unspecified atom stereocenters. The molecule has 3 aromatic rings. The average molecular weight is 351 g/mol. The van der Waals surface area contributed by atoms with Gasteiger partial charge in [-0.25, -0.2) is 15.0 Å². The lowest BCUT2D eigenvalue weighted by atomic mass is 10.1. The van der Waals surface area contributed by atoms with E-state index in [1.54, 1.807) is 6.20 Å². The van der Waals surface area contributed by atoms with E-state index in [-0.39, 0.29) is 0 Å². The van der Waals surface area contributed by atoms with Gasteiger partial charge < -0.3 is 16.4 Å². The van der Waals surface area contributed by atoms with Gasteiger partial charge in [-0.3, -0.25) is 4.99 Å². The molecule has 0 saturated heterocycles. The number of rotatable bonds is 3. The summed E-state index contributed by atoms with van der Waals surface area (Å²) in [5.41, 5.74) is 9.05. The Morgan fingerprint density at radius 2 is 2.04 bits per heavy atom. The number of nitrogen functional groups attached to an aromatic ring is 1. The Kier molecular flexibility index (Phi) is 4.26. The number of thiazole rings is 1. The third kappa shape index (κ3) is 3.43. The number of hydrogen-bond donors (Lipinski definition) is 3. The van der Waals surface area contributed by atoms with E-state index in [4.69, 9.17) is 5.73 Å². The number of guanidine groups is 1. The number of para-hydroxylation sites is 1. The molecule has 0 spiro atoms. The van der Waals surface area contributed by atoms with Crippen LogP contribution < -0.4 is 16.4 Å². The second-order valence-electron chi connectivity index (χ2n) is 5.53. The van der Waals surface area contributed by atoms with Crippen LogP contribution in [0.1, 0.15) is 6.42 Å². The second-order valence-corrected chi connectivity index (χ2v) is 6.38. The highest BCUT2D eigenvalue weighted by Gasteiger charge is 2.11. The minimum absolute atomic E-state index is 0.594. The first-order valence-electron chi connectivity index (χ1n) is 7.99. The third-order valence-electron chi connectivity index (χ3n) is 3.75. The van der Waals surface area contributed by atoms with Gasteiger partial charge in [0.1, 0.15) is 5.69 Å². The van der Waals surface area contributed by atoms with Crippen LogP contribution >= 0.6 is 11.3 Å². The lowest BCUT2D eigenvalue weighted by Crippen LogP contribution is -2.35. The number of hydrogen-bond acceptors (Lipinski definition) is 8. The van der Waals surface area contributed by atoms with Crippen molar-refractivity contribution in [2.75, 3.05) is 24.1 Å². The van der Waals surface area contributed by atoms with Crippen molar-refractivity contribution in [3.63, 3.8) is 0 Å². The van der Waals surface area contributed by atoms with E-state index in [2.05, 4.69) is 30.6 Å². The molecule has 0 fully saturated rings. The van der Waals surface area contributed by atoms with E-state index in [1.807, 2.05) is 35.7 Å². The summed E-state index contributed by atoms with van der Waals surface area (Å²) in [4.78, 5) is 17.9. The SMILES string of the molecule is Nc1ccccc1-c1nccc(-c2csc(NC3=NCCCN3)n2)n1. The summed E-state index contributed by atoms with van der Waals surface area (Å²) in [5, 5.41) is 9.17. The number of nitrogens with one attached hydrogen (secondary N) is 2. The van der Waals surface area contributed by atoms with Crippen molar-refractivity contribution in [2.45, 2.75) is 6.42 Å². The van der Waals surface area contributed by atoms with Gasteiger partial charge in [0.05, 0.1) is 5.69 Å². The lowest BCUT2D eigenvalue weighted by molar-refractivity contribution is 0.740. The molecule has 0 saturated carbocycles. The molecule has 1 aromatic carbocycles. The Morgan fingerprint density at radius 3 is 2.88 bits per heavy atom. The monoisotopic (exact) mass is 351 g/mol. The summed E-state index contributed by atoms with van der Waals surface area (Å²) in [6.45, 7) is 1.76. The van der Waals surface area contributed by atoms with Crippen molar-refractivity contribution in [1.82, 2.24) is 20.3 Å². The predicted octanol–water partition coefficient (Wildman–Crippen LogP) is 2.61. The Balaban J connectivity index is 1.59. The van der Waals surface area contributed by atoms with Crippen molar-refractivity contribution < 1.29 is 0 Å². The van der Waals surface area contributed by atoms with E-state index in [0.29, 0.717) is 11.5 Å². The molecule has 4 rings (SSSR count). The Labute approximate surface area is 149 Å². The number of nitrogens with two attached hydrogens (primary N) is 1. The zero-order valence-corrected chi connectivity index (χ0v) is 14.3. The van der Waals surface area contributed by atoms with Gasteiger partial charge in [-0.2, -0.15) is 0 Å².